The fourth-order valence-electron chi connectivity index (χ4n) is 2.66. The molecule has 2 aromatic carbocycles. The third-order valence-electron chi connectivity index (χ3n) is 4.02. The molecule has 0 saturated carbocycles. The van der Waals surface area contributed by atoms with Gasteiger partial charge in [0.1, 0.15) is 6.33 Å². The number of aliphatic imine (C=N–C) groups is 1. The second-order valence-corrected chi connectivity index (χ2v) is 6.70. The fraction of sp³-hybridized carbons (Fsp3) is 0.211. The summed E-state index contributed by atoms with van der Waals surface area (Å²) in [7, 11) is 1.77. The number of nitrogens with zero attached hydrogens (tertiary/aromatic N) is 3. The topological polar surface area (TPSA) is 78.0 Å². The van der Waals surface area contributed by atoms with Gasteiger partial charge in [-0.15, -0.1) is 24.0 Å². The summed E-state index contributed by atoms with van der Waals surface area (Å²) in [5, 5.41) is 13.6. The molecule has 27 heavy (non-hydrogen) atoms. The van der Waals surface area contributed by atoms with E-state index in [1.165, 1.54) is 11.9 Å². The van der Waals surface area contributed by atoms with Crippen LogP contribution in [-0.4, -0.2) is 28.2 Å². The SMILES string of the molecule is CN=C(NCc1cccc(-c2ncn[nH]2)c1)NC(C)c1ccccc1Br.I. The summed E-state index contributed by atoms with van der Waals surface area (Å²) in [5.41, 5.74) is 3.32. The number of halogens is 2. The highest BCUT2D eigenvalue weighted by atomic mass is 127. The summed E-state index contributed by atoms with van der Waals surface area (Å²) < 4.78 is 1.08. The van der Waals surface area contributed by atoms with Crippen LogP contribution in [-0.2, 0) is 6.54 Å². The Bertz CT molecular complexity index is 881. The maximum absolute atomic E-state index is 4.32. The maximum atomic E-state index is 4.32. The van der Waals surface area contributed by atoms with Gasteiger partial charge < -0.3 is 10.6 Å². The molecule has 0 amide bonds. The molecule has 1 aromatic heterocycles. The minimum absolute atomic E-state index is 0. The first-order valence-corrected chi connectivity index (χ1v) is 9.13. The molecule has 0 fully saturated rings. The number of aromatic amines is 1. The summed E-state index contributed by atoms with van der Waals surface area (Å²) in [6.07, 6.45) is 1.51. The highest BCUT2D eigenvalue weighted by Gasteiger charge is 2.10. The monoisotopic (exact) mass is 540 g/mol. The average Bonchev–Trinajstić information content (AvgIpc) is 3.20. The standard InChI is InChI=1S/C19H21BrN6.HI/c1-13(16-8-3-4-9-17(16)20)25-19(21-2)22-11-14-6-5-7-15(10-14)18-23-12-24-26-18;/h3-10,12-13H,11H2,1-2H3,(H2,21,22,25)(H,23,24,26);1H. The molecule has 0 radical (unpaired) electrons. The van der Waals surface area contributed by atoms with E-state index >= 15 is 0 Å². The highest BCUT2D eigenvalue weighted by molar-refractivity contribution is 14.0. The van der Waals surface area contributed by atoms with Crippen molar-refractivity contribution >= 4 is 45.9 Å². The lowest BCUT2D eigenvalue weighted by molar-refractivity contribution is 0.682. The lowest BCUT2D eigenvalue weighted by Crippen LogP contribution is -2.38. The largest absolute Gasteiger partial charge is 0.352 e. The Labute approximate surface area is 184 Å². The molecule has 0 aliphatic heterocycles. The Morgan fingerprint density at radius 3 is 2.74 bits per heavy atom. The van der Waals surface area contributed by atoms with Gasteiger partial charge in [-0.3, -0.25) is 10.1 Å². The predicted molar refractivity (Wildman–Crippen MR) is 123 cm³/mol. The van der Waals surface area contributed by atoms with Crippen molar-refractivity contribution in [3.8, 4) is 11.4 Å². The molecule has 6 nitrogen and oxygen atoms in total. The Hall–Kier alpha value is -1.94. The van der Waals surface area contributed by atoms with Crippen LogP contribution in [0.4, 0.5) is 0 Å². The minimum atomic E-state index is 0. The molecule has 3 rings (SSSR count). The van der Waals surface area contributed by atoms with E-state index in [1.54, 1.807) is 7.05 Å². The molecule has 0 aliphatic rings. The van der Waals surface area contributed by atoms with Crippen LogP contribution in [0.5, 0.6) is 0 Å². The van der Waals surface area contributed by atoms with E-state index in [2.05, 4.69) is 71.9 Å². The highest BCUT2D eigenvalue weighted by Crippen LogP contribution is 2.22. The molecular formula is C19H22BrIN6. The summed E-state index contributed by atoms with van der Waals surface area (Å²) in [6, 6.07) is 16.5. The van der Waals surface area contributed by atoms with Crippen molar-refractivity contribution in [1.82, 2.24) is 25.8 Å². The summed E-state index contributed by atoms with van der Waals surface area (Å²) in [4.78, 5) is 8.51. The molecule has 0 aliphatic carbocycles. The number of benzene rings is 2. The molecule has 3 N–H and O–H groups in total. The molecule has 0 saturated heterocycles. The molecule has 1 atom stereocenters. The molecule has 1 heterocycles. The van der Waals surface area contributed by atoms with E-state index in [1.807, 2.05) is 30.3 Å². The molecule has 142 valence electrons. The number of rotatable bonds is 5. The van der Waals surface area contributed by atoms with Crippen molar-refractivity contribution in [2.24, 2.45) is 4.99 Å². The van der Waals surface area contributed by atoms with Crippen molar-refractivity contribution in [2.45, 2.75) is 19.5 Å². The zero-order valence-electron chi connectivity index (χ0n) is 15.1. The number of guanidine groups is 1. The van der Waals surface area contributed by atoms with Crippen LogP contribution in [0.15, 0.2) is 64.3 Å². The molecule has 0 spiro atoms. The third-order valence-corrected chi connectivity index (χ3v) is 4.75. The van der Waals surface area contributed by atoms with Crippen molar-refractivity contribution in [2.75, 3.05) is 7.05 Å². The van der Waals surface area contributed by atoms with Crippen LogP contribution in [0.25, 0.3) is 11.4 Å². The van der Waals surface area contributed by atoms with E-state index in [9.17, 15) is 0 Å². The quantitative estimate of drug-likeness (QED) is 0.256. The van der Waals surface area contributed by atoms with E-state index in [-0.39, 0.29) is 30.0 Å². The Balaban J connectivity index is 0.00000261. The second kappa shape index (κ2) is 10.4. The maximum Gasteiger partial charge on any atom is 0.191 e. The van der Waals surface area contributed by atoms with Crippen LogP contribution in [0.3, 0.4) is 0 Å². The van der Waals surface area contributed by atoms with Gasteiger partial charge in [-0.25, -0.2) is 4.98 Å². The first-order valence-electron chi connectivity index (χ1n) is 8.33. The van der Waals surface area contributed by atoms with Crippen molar-refractivity contribution in [1.29, 1.82) is 0 Å². The lowest BCUT2D eigenvalue weighted by Gasteiger charge is -2.19. The van der Waals surface area contributed by atoms with Crippen LogP contribution < -0.4 is 10.6 Å². The Morgan fingerprint density at radius 2 is 2.04 bits per heavy atom. The lowest BCUT2D eigenvalue weighted by atomic mass is 10.1. The molecule has 0 bridgehead atoms. The van der Waals surface area contributed by atoms with Crippen LogP contribution in [0.2, 0.25) is 0 Å². The van der Waals surface area contributed by atoms with Crippen molar-refractivity contribution < 1.29 is 0 Å². The van der Waals surface area contributed by atoms with Gasteiger partial charge in [-0.2, -0.15) is 5.10 Å². The van der Waals surface area contributed by atoms with Crippen molar-refractivity contribution in [3.05, 3.63) is 70.5 Å². The van der Waals surface area contributed by atoms with Gasteiger partial charge in [0.15, 0.2) is 11.8 Å². The Morgan fingerprint density at radius 1 is 1.22 bits per heavy atom. The first-order chi connectivity index (χ1) is 12.7. The Kier molecular flexibility index (Phi) is 8.23. The number of nitrogens with one attached hydrogen (secondary N) is 3. The normalized spacial score (nSPS) is 12.2. The number of hydrogen-bond acceptors (Lipinski definition) is 3. The molecule has 3 aromatic rings. The predicted octanol–water partition coefficient (Wildman–Crippen LogP) is 4.28. The zero-order valence-corrected chi connectivity index (χ0v) is 19.0. The molecular weight excluding hydrogens is 519 g/mol. The average molecular weight is 541 g/mol. The van der Waals surface area contributed by atoms with Crippen LogP contribution in [0, 0.1) is 0 Å². The summed E-state index contributed by atoms with van der Waals surface area (Å²) in [6.45, 7) is 2.77. The summed E-state index contributed by atoms with van der Waals surface area (Å²) in [5.74, 6) is 1.51. The third kappa shape index (κ3) is 5.77. The van der Waals surface area contributed by atoms with Gasteiger partial charge in [-0.1, -0.05) is 52.3 Å². The number of aromatic nitrogens is 3. The smallest absolute Gasteiger partial charge is 0.191 e. The summed E-state index contributed by atoms with van der Waals surface area (Å²) >= 11 is 3.60. The van der Waals surface area contributed by atoms with Gasteiger partial charge in [0.2, 0.25) is 0 Å². The molecule has 1 unspecified atom stereocenters. The van der Waals surface area contributed by atoms with Gasteiger partial charge in [0.05, 0.1) is 6.04 Å². The van der Waals surface area contributed by atoms with Gasteiger partial charge in [0, 0.05) is 23.6 Å². The van der Waals surface area contributed by atoms with Crippen molar-refractivity contribution in [3.63, 3.8) is 0 Å². The minimum Gasteiger partial charge on any atom is -0.352 e. The number of hydrogen-bond donors (Lipinski definition) is 3. The van der Waals surface area contributed by atoms with E-state index < -0.39 is 0 Å². The zero-order chi connectivity index (χ0) is 18.4. The van der Waals surface area contributed by atoms with E-state index in [0.29, 0.717) is 6.54 Å². The van der Waals surface area contributed by atoms with Gasteiger partial charge in [0.25, 0.3) is 0 Å². The van der Waals surface area contributed by atoms with Gasteiger partial charge >= 0.3 is 0 Å². The second-order valence-electron chi connectivity index (χ2n) is 5.85. The fourth-order valence-corrected chi connectivity index (χ4v) is 3.29. The number of H-pyrrole nitrogens is 1. The van der Waals surface area contributed by atoms with E-state index in [0.717, 1.165) is 27.4 Å². The van der Waals surface area contributed by atoms with E-state index in [4.69, 9.17) is 0 Å². The molecule has 8 heteroatoms. The van der Waals surface area contributed by atoms with Gasteiger partial charge in [-0.05, 0) is 30.2 Å². The van der Waals surface area contributed by atoms with Crippen LogP contribution >= 0.6 is 39.9 Å². The van der Waals surface area contributed by atoms with Crippen LogP contribution in [0.1, 0.15) is 24.1 Å². The first kappa shape index (κ1) is 21.4.